The lowest BCUT2D eigenvalue weighted by Crippen LogP contribution is -2.37. The molecule has 2 unspecified atom stereocenters. The van der Waals surface area contributed by atoms with E-state index in [0.29, 0.717) is 6.04 Å². The van der Waals surface area contributed by atoms with E-state index in [9.17, 15) is 0 Å². The summed E-state index contributed by atoms with van der Waals surface area (Å²) in [6.45, 7) is 3.00. The van der Waals surface area contributed by atoms with Crippen molar-refractivity contribution in [3.8, 4) is 0 Å². The number of fused-ring (bicyclic) bond motifs is 1. The van der Waals surface area contributed by atoms with Gasteiger partial charge in [-0.1, -0.05) is 6.42 Å². The van der Waals surface area contributed by atoms with Gasteiger partial charge < -0.3 is 10.6 Å². The first-order chi connectivity index (χ1) is 5.83. The fourth-order valence-corrected chi connectivity index (χ4v) is 2.68. The van der Waals surface area contributed by atoms with Crippen LogP contribution >= 0.6 is 12.2 Å². The molecule has 2 aliphatic carbocycles. The van der Waals surface area contributed by atoms with Crippen molar-refractivity contribution >= 4 is 17.3 Å². The summed E-state index contributed by atoms with van der Waals surface area (Å²) in [5.41, 5.74) is 0. The summed E-state index contributed by atoms with van der Waals surface area (Å²) in [5, 5.41) is 7.35. The highest BCUT2D eigenvalue weighted by atomic mass is 32.1. The zero-order chi connectivity index (χ0) is 8.55. The maximum Gasteiger partial charge on any atom is 0.166 e. The van der Waals surface area contributed by atoms with Crippen LogP contribution in [-0.4, -0.2) is 17.7 Å². The molecule has 0 saturated heterocycles. The minimum atomic E-state index is 0.713. The highest BCUT2D eigenvalue weighted by Gasteiger charge is 2.52. The number of hydrogen-bond acceptors (Lipinski definition) is 1. The fourth-order valence-electron chi connectivity index (χ4n) is 2.40. The first kappa shape index (κ1) is 8.30. The second kappa shape index (κ2) is 3.21. The van der Waals surface area contributed by atoms with E-state index < -0.39 is 0 Å². The van der Waals surface area contributed by atoms with Gasteiger partial charge in [0.25, 0.3) is 0 Å². The normalized spacial score (nSPS) is 37.2. The Morgan fingerprint density at radius 2 is 2.08 bits per heavy atom. The molecule has 2 nitrogen and oxygen atoms in total. The van der Waals surface area contributed by atoms with E-state index in [0.717, 1.165) is 23.5 Å². The van der Waals surface area contributed by atoms with Gasteiger partial charge in [0.1, 0.15) is 0 Å². The molecule has 68 valence electrons. The lowest BCUT2D eigenvalue weighted by molar-refractivity contribution is 0.633. The molecule has 0 aromatic carbocycles. The molecule has 2 rings (SSSR count). The van der Waals surface area contributed by atoms with Crippen molar-refractivity contribution in [1.29, 1.82) is 0 Å². The Morgan fingerprint density at radius 3 is 2.67 bits per heavy atom. The molecule has 0 bridgehead atoms. The smallest absolute Gasteiger partial charge is 0.166 e. The van der Waals surface area contributed by atoms with Gasteiger partial charge in [0, 0.05) is 12.6 Å². The molecule has 0 heterocycles. The monoisotopic (exact) mass is 184 g/mol. The molecule has 3 heteroatoms. The Labute approximate surface area is 79.1 Å². The van der Waals surface area contributed by atoms with Crippen LogP contribution in [0.25, 0.3) is 0 Å². The van der Waals surface area contributed by atoms with E-state index in [2.05, 4.69) is 17.6 Å². The van der Waals surface area contributed by atoms with E-state index in [-0.39, 0.29) is 0 Å². The predicted molar refractivity (Wildman–Crippen MR) is 54.0 cm³/mol. The highest BCUT2D eigenvalue weighted by molar-refractivity contribution is 7.80. The number of thiocarbonyl (C=S) groups is 1. The van der Waals surface area contributed by atoms with Crippen LogP contribution < -0.4 is 10.6 Å². The second-order valence-electron chi connectivity index (χ2n) is 3.79. The average molecular weight is 184 g/mol. The molecular formula is C9H16N2S. The number of hydrogen-bond donors (Lipinski definition) is 2. The Kier molecular flexibility index (Phi) is 2.22. The van der Waals surface area contributed by atoms with Crippen LogP contribution in [0, 0.1) is 11.8 Å². The third-order valence-corrected chi connectivity index (χ3v) is 3.30. The molecule has 2 atom stereocenters. The van der Waals surface area contributed by atoms with Gasteiger partial charge >= 0.3 is 0 Å². The number of rotatable bonds is 2. The third kappa shape index (κ3) is 1.42. The maximum absolute atomic E-state index is 5.13. The van der Waals surface area contributed by atoms with Crippen LogP contribution in [0.5, 0.6) is 0 Å². The van der Waals surface area contributed by atoms with Crippen LogP contribution in [0.4, 0.5) is 0 Å². The topological polar surface area (TPSA) is 24.1 Å². The van der Waals surface area contributed by atoms with E-state index >= 15 is 0 Å². The average Bonchev–Trinajstić information content (AvgIpc) is 2.51. The van der Waals surface area contributed by atoms with E-state index in [4.69, 9.17) is 12.2 Å². The van der Waals surface area contributed by atoms with Crippen LogP contribution in [0.15, 0.2) is 0 Å². The molecular weight excluding hydrogens is 168 g/mol. The van der Waals surface area contributed by atoms with Crippen LogP contribution in [0.2, 0.25) is 0 Å². The molecule has 0 aliphatic heterocycles. The Bertz CT molecular complexity index is 183. The van der Waals surface area contributed by atoms with Crippen molar-refractivity contribution in [1.82, 2.24) is 10.6 Å². The van der Waals surface area contributed by atoms with E-state index in [1.54, 1.807) is 0 Å². The molecule has 0 aromatic heterocycles. The maximum atomic E-state index is 5.13. The van der Waals surface area contributed by atoms with Crippen LogP contribution in [0.1, 0.15) is 26.2 Å². The molecule has 12 heavy (non-hydrogen) atoms. The van der Waals surface area contributed by atoms with Gasteiger partial charge in [-0.3, -0.25) is 0 Å². The van der Waals surface area contributed by atoms with Crippen molar-refractivity contribution in [3.63, 3.8) is 0 Å². The van der Waals surface area contributed by atoms with Crippen molar-refractivity contribution < 1.29 is 0 Å². The fraction of sp³-hybridized carbons (Fsp3) is 0.889. The van der Waals surface area contributed by atoms with Crippen LogP contribution in [0.3, 0.4) is 0 Å². The lowest BCUT2D eigenvalue weighted by Gasteiger charge is -2.09. The predicted octanol–water partition coefficient (Wildman–Crippen LogP) is 1.27. The van der Waals surface area contributed by atoms with Gasteiger partial charge in [-0.05, 0) is 43.8 Å². The van der Waals surface area contributed by atoms with Gasteiger partial charge in [-0.2, -0.15) is 0 Å². The molecule has 2 fully saturated rings. The molecule has 0 spiro atoms. The molecule has 0 amide bonds. The minimum Gasteiger partial charge on any atom is -0.363 e. The summed E-state index contributed by atoms with van der Waals surface area (Å²) in [4.78, 5) is 0. The van der Waals surface area contributed by atoms with Crippen molar-refractivity contribution in [3.05, 3.63) is 0 Å². The molecule has 2 aliphatic rings. The van der Waals surface area contributed by atoms with Gasteiger partial charge in [-0.25, -0.2) is 0 Å². The first-order valence-corrected chi connectivity index (χ1v) is 5.28. The SMILES string of the molecule is CCNC(=S)NC1C2CCCC21. The van der Waals surface area contributed by atoms with Gasteiger partial charge in [0.05, 0.1) is 0 Å². The van der Waals surface area contributed by atoms with E-state index in [1.807, 2.05) is 0 Å². The molecule has 2 saturated carbocycles. The summed E-state index contributed by atoms with van der Waals surface area (Å²) < 4.78 is 0. The van der Waals surface area contributed by atoms with Crippen molar-refractivity contribution in [2.24, 2.45) is 11.8 Å². The third-order valence-electron chi connectivity index (χ3n) is 3.04. The summed E-state index contributed by atoms with van der Waals surface area (Å²) in [6.07, 6.45) is 4.26. The standard InChI is InChI=1S/C9H16N2S/c1-2-10-9(12)11-8-6-4-3-5-7(6)8/h6-8H,2-5H2,1H3,(H2,10,11,12). The van der Waals surface area contributed by atoms with Crippen molar-refractivity contribution in [2.75, 3.05) is 6.54 Å². The summed E-state index contributed by atoms with van der Waals surface area (Å²) in [6, 6.07) is 0.713. The second-order valence-corrected chi connectivity index (χ2v) is 4.20. The molecule has 0 radical (unpaired) electrons. The van der Waals surface area contributed by atoms with Crippen molar-refractivity contribution in [2.45, 2.75) is 32.2 Å². The first-order valence-electron chi connectivity index (χ1n) is 4.87. The summed E-state index contributed by atoms with van der Waals surface area (Å²) in [5.74, 6) is 1.89. The Morgan fingerprint density at radius 1 is 1.42 bits per heavy atom. The lowest BCUT2D eigenvalue weighted by atomic mass is 10.2. The Hall–Kier alpha value is -0.310. The quantitative estimate of drug-likeness (QED) is 0.632. The van der Waals surface area contributed by atoms with E-state index in [1.165, 1.54) is 19.3 Å². The van der Waals surface area contributed by atoms with Gasteiger partial charge in [0.2, 0.25) is 0 Å². The van der Waals surface area contributed by atoms with Crippen LogP contribution in [-0.2, 0) is 0 Å². The summed E-state index contributed by atoms with van der Waals surface area (Å²) >= 11 is 5.13. The minimum absolute atomic E-state index is 0.713. The molecule has 2 N–H and O–H groups in total. The summed E-state index contributed by atoms with van der Waals surface area (Å²) in [7, 11) is 0. The van der Waals surface area contributed by atoms with Gasteiger partial charge in [-0.15, -0.1) is 0 Å². The largest absolute Gasteiger partial charge is 0.363 e. The zero-order valence-corrected chi connectivity index (χ0v) is 8.29. The molecule has 0 aromatic rings. The van der Waals surface area contributed by atoms with Gasteiger partial charge in [0.15, 0.2) is 5.11 Å². The Balaban J connectivity index is 1.72. The number of nitrogens with one attached hydrogen (secondary N) is 2. The highest BCUT2D eigenvalue weighted by Crippen LogP contribution is 2.51. The zero-order valence-electron chi connectivity index (χ0n) is 7.47.